The Labute approximate surface area is 165 Å². The van der Waals surface area contributed by atoms with E-state index in [9.17, 15) is 17.9 Å². The monoisotopic (exact) mass is 375 g/mol. The molecule has 0 radical (unpaired) electrons. The van der Waals surface area contributed by atoms with Gasteiger partial charge in [-0.2, -0.15) is 8.42 Å². The summed E-state index contributed by atoms with van der Waals surface area (Å²) in [5.41, 5.74) is 1.13. The first-order chi connectivity index (χ1) is 11.3. The standard InChI is InChI=1S/C15H10FNO6S.Na.H/c1-2-8-5-10(23-24(19,20)21)7-12-14(8)22-15(17-12)9-3-4-13(18)11(16)6-9;;/h2-7,18H,1H2,(H,19,20,21);;/q;+1;-1. The van der Waals surface area contributed by atoms with Crippen LogP contribution >= 0.6 is 0 Å². The van der Waals surface area contributed by atoms with Gasteiger partial charge in [0.25, 0.3) is 0 Å². The van der Waals surface area contributed by atoms with Crippen LogP contribution in [0.5, 0.6) is 11.5 Å². The van der Waals surface area contributed by atoms with Crippen LogP contribution in [0.1, 0.15) is 6.99 Å². The fourth-order valence-corrected chi connectivity index (χ4v) is 2.46. The van der Waals surface area contributed by atoms with Crippen molar-refractivity contribution in [2.24, 2.45) is 0 Å². The summed E-state index contributed by atoms with van der Waals surface area (Å²) in [4.78, 5) is 4.13. The van der Waals surface area contributed by atoms with Gasteiger partial charge >= 0.3 is 40.0 Å². The van der Waals surface area contributed by atoms with Crippen LogP contribution in [0.2, 0.25) is 0 Å². The second kappa shape index (κ2) is 7.14. The van der Waals surface area contributed by atoms with E-state index in [-0.39, 0.29) is 59.3 Å². The molecule has 7 nitrogen and oxygen atoms in total. The number of halogens is 1. The van der Waals surface area contributed by atoms with Crippen molar-refractivity contribution in [3.63, 3.8) is 0 Å². The Morgan fingerprint density at radius 2 is 2.04 bits per heavy atom. The van der Waals surface area contributed by atoms with Crippen molar-refractivity contribution in [3.05, 3.63) is 48.3 Å². The molecule has 2 N–H and O–H groups in total. The van der Waals surface area contributed by atoms with Gasteiger partial charge in [-0.25, -0.2) is 9.37 Å². The summed E-state index contributed by atoms with van der Waals surface area (Å²) in [7, 11) is -4.70. The Bertz CT molecular complexity index is 1070. The Kier molecular flexibility index (Phi) is 5.55. The van der Waals surface area contributed by atoms with Gasteiger partial charge in [0, 0.05) is 17.2 Å². The Morgan fingerprint density at radius 3 is 2.64 bits per heavy atom. The van der Waals surface area contributed by atoms with E-state index in [2.05, 4.69) is 15.7 Å². The number of phenols is 1. The SMILES string of the molecule is C=Cc1cc(OS(=O)(=O)O)cc2nc(-c3ccc(O)c(F)c3)oc12.[H-].[Na+]. The van der Waals surface area contributed by atoms with E-state index in [1.807, 2.05) is 0 Å². The number of benzene rings is 2. The van der Waals surface area contributed by atoms with Gasteiger partial charge in [-0.3, -0.25) is 4.55 Å². The van der Waals surface area contributed by atoms with Gasteiger partial charge in [0.1, 0.15) is 11.3 Å². The number of oxazole rings is 1. The molecule has 126 valence electrons. The van der Waals surface area contributed by atoms with E-state index in [1.54, 1.807) is 0 Å². The number of fused-ring (bicyclic) bond motifs is 1. The smallest absolute Gasteiger partial charge is 1.00 e. The van der Waals surface area contributed by atoms with Gasteiger partial charge in [-0.15, -0.1) is 0 Å². The van der Waals surface area contributed by atoms with E-state index < -0.39 is 22.0 Å². The first kappa shape index (κ1) is 19.4. The van der Waals surface area contributed by atoms with Crippen LogP contribution in [0.3, 0.4) is 0 Å². The van der Waals surface area contributed by atoms with E-state index in [0.717, 1.165) is 12.1 Å². The largest absolute Gasteiger partial charge is 1.00 e. The summed E-state index contributed by atoms with van der Waals surface area (Å²) >= 11 is 0. The average molecular weight is 375 g/mol. The molecule has 0 fully saturated rings. The van der Waals surface area contributed by atoms with E-state index in [1.165, 1.54) is 24.3 Å². The summed E-state index contributed by atoms with van der Waals surface area (Å²) in [5, 5.41) is 9.22. The summed E-state index contributed by atoms with van der Waals surface area (Å²) < 4.78 is 53.9. The Balaban J connectivity index is 0.00000169. The molecule has 0 saturated heterocycles. The van der Waals surface area contributed by atoms with E-state index in [0.29, 0.717) is 5.56 Å². The molecule has 0 aliphatic rings. The Morgan fingerprint density at radius 1 is 1.32 bits per heavy atom. The van der Waals surface area contributed by atoms with Crippen molar-refractivity contribution in [1.82, 2.24) is 4.98 Å². The van der Waals surface area contributed by atoms with E-state index in [4.69, 9.17) is 8.97 Å². The third-order valence-corrected chi connectivity index (χ3v) is 3.51. The van der Waals surface area contributed by atoms with Crippen LogP contribution in [-0.4, -0.2) is 23.1 Å². The van der Waals surface area contributed by atoms with Crippen molar-refractivity contribution >= 4 is 27.6 Å². The molecule has 1 heterocycles. The number of rotatable bonds is 4. The first-order valence-electron chi connectivity index (χ1n) is 6.49. The molecule has 0 atom stereocenters. The fraction of sp³-hybridized carbons (Fsp3) is 0. The van der Waals surface area contributed by atoms with Gasteiger partial charge in [0.15, 0.2) is 17.1 Å². The molecule has 0 amide bonds. The molecule has 3 rings (SSSR count). The molecule has 0 unspecified atom stereocenters. The number of phenolic OH excluding ortho intramolecular Hbond substituents is 1. The topological polar surface area (TPSA) is 110 Å². The van der Waals surface area contributed by atoms with Gasteiger partial charge in [-0.05, 0) is 24.3 Å². The molecule has 0 aliphatic heterocycles. The van der Waals surface area contributed by atoms with Crippen LogP contribution in [0.25, 0.3) is 28.6 Å². The van der Waals surface area contributed by atoms with Crippen LogP contribution in [0.4, 0.5) is 4.39 Å². The minimum atomic E-state index is -4.70. The molecule has 10 heteroatoms. The van der Waals surface area contributed by atoms with Gasteiger partial charge in [0.2, 0.25) is 5.89 Å². The number of aromatic hydroxyl groups is 1. The maximum atomic E-state index is 13.5. The van der Waals surface area contributed by atoms with Crippen LogP contribution in [0.15, 0.2) is 41.3 Å². The van der Waals surface area contributed by atoms with Crippen molar-refractivity contribution in [3.8, 4) is 23.0 Å². The summed E-state index contributed by atoms with van der Waals surface area (Å²) in [6, 6.07) is 6.13. The zero-order chi connectivity index (χ0) is 17.5. The third-order valence-electron chi connectivity index (χ3n) is 3.11. The number of aromatic nitrogens is 1. The van der Waals surface area contributed by atoms with Crippen molar-refractivity contribution in [1.29, 1.82) is 0 Å². The fourth-order valence-electron chi connectivity index (χ4n) is 2.12. The van der Waals surface area contributed by atoms with Gasteiger partial charge < -0.3 is 15.1 Å². The van der Waals surface area contributed by atoms with Crippen molar-refractivity contribution in [2.75, 3.05) is 0 Å². The van der Waals surface area contributed by atoms with Gasteiger partial charge in [-0.1, -0.05) is 12.7 Å². The Hall–Kier alpha value is -1.91. The van der Waals surface area contributed by atoms with Crippen LogP contribution in [0, 0.1) is 5.82 Å². The molecule has 0 bridgehead atoms. The second-order valence-corrected chi connectivity index (χ2v) is 5.78. The van der Waals surface area contributed by atoms with Crippen LogP contribution in [-0.2, 0) is 10.4 Å². The van der Waals surface area contributed by atoms with Gasteiger partial charge in [0.05, 0.1) is 0 Å². The van der Waals surface area contributed by atoms with Crippen molar-refractivity contribution < 1.29 is 62.1 Å². The summed E-state index contributed by atoms with van der Waals surface area (Å²) in [6.07, 6.45) is 1.38. The molecule has 1 aromatic heterocycles. The minimum Gasteiger partial charge on any atom is -1.00 e. The summed E-state index contributed by atoms with van der Waals surface area (Å²) in [6.45, 7) is 3.58. The average Bonchev–Trinajstić information content (AvgIpc) is 2.91. The predicted octanol–water partition coefficient (Wildman–Crippen LogP) is 0.281. The molecular formula is C15H11FNNaO6S. The molecule has 3 aromatic rings. The maximum Gasteiger partial charge on any atom is 1.00 e. The maximum absolute atomic E-state index is 13.5. The van der Waals surface area contributed by atoms with Crippen LogP contribution < -0.4 is 33.7 Å². The zero-order valence-electron chi connectivity index (χ0n) is 13.9. The normalized spacial score (nSPS) is 11.1. The summed E-state index contributed by atoms with van der Waals surface area (Å²) in [5.74, 6) is -1.48. The molecule has 0 saturated carbocycles. The molecule has 25 heavy (non-hydrogen) atoms. The molecular weight excluding hydrogens is 364 g/mol. The zero-order valence-corrected chi connectivity index (χ0v) is 15.7. The third kappa shape index (κ3) is 4.20. The van der Waals surface area contributed by atoms with Crippen molar-refractivity contribution in [2.45, 2.75) is 0 Å². The predicted molar refractivity (Wildman–Crippen MR) is 84.4 cm³/mol. The number of hydrogen-bond acceptors (Lipinski definition) is 6. The van der Waals surface area contributed by atoms with E-state index >= 15 is 0 Å². The number of hydrogen-bond donors (Lipinski definition) is 2. The number of nitrogens with zero attached hydrogens (tertiary/aromatic N) is 1. The minimum absolute atomic E-state index is 0. The quantitative estimate of drug-likeness (QED) is 0.498. The molecule has 0 aliphatic carbocycles. The molecule has 0 spiro atoms. The first-order valence-corrected chi connectivity index (χ1v) is 7.86. The second-order valence-electron chi connectivity index (χ2n) is 4.76. The molecule has 2 aromatic carbocycles.